The molecule has 88 valence electrons. The molecule has 2 N–H and O–H groups in total. The number of hydrogen-bond acceptors (Lipinski definition) is 5. The van der Waals surface area contributed by atoms with Gasteiger partial charge in [-0.3, -0.25) is 9.59 Å². The standard InChI is InChI=1S/C10H18O5/c1-4-9(14,6-11)10(5-2,7-12)15-8(3)13/h7,11,14H,4-6H2,1-3H3. The summed E-state index contributed by atoms with van der Waals surface area (Å²) < 4.78 is 4.87. The SMILES string of the molecule is CCC(O)(CO)C(C=O)(CC)OC(C)=O. The summed E-state index contributed by atoms with van der Waals surface area (Å²) in [5.41, 5.74) is -3.39. The fourth-order valence-electron chi connectivity index (χ4n) is 1.51. The Hall–Kier alpha value is -0.940. The highest BCUT2D eigenvalue weighted by Gasteiger charge is 2.51. The maximum atomic E-state index is 11.0. The summed E-state index contributed by atoms with van der Waals surface area (Å²) in [6.07, 6.45) is 0.610. The van der Waals surface area contributed by atoms with E-state index in [1.807, 2.05) is 0 Å². The third kappa shape index (κ3) is 2.54. The molecule has 5 heteroatoms. The second kappa shape index (κ2) is 5.23. The molecule has 5 nitrogen and oxygen atoms in total. The summed E-state index contributed by atoms with van der Waals surface area (Å²) >= 11 is 0. The lowest BCUT2D eigenvalue weighted by atomic mass is 9.80. The molecule has 0 bridgehead atoms. The Morgan fingerprint density at radius 2 is 1.93 bits per heavy atom. The zero-order valence-corrected chi connectivity index (χ0v) is 9.32. The zero-order valence-electron chi connectivity index (χ0n) is 9.32. The minimum Gasteiger partial charge on any atom is -0.448 e. The van der Waals surface area contributed by atoms with Gasteiger partial charge in [-0.05, 0) is 12.8 Å². The maximum Gasteiger partial charge on any atom is 0.303 e. The van der Waals surface area contributed by atoms with Gasteiger partial charge in [0.05, 0.1) is 6.61 Å². The van der Waals surface area contributed by atoms with Crippen molar-refractivity contribution in [2.75, 3.05) is 6.61 Å². The minimum atomic E-state index is -1.73. The minimum absolute atomic E-state index is 0.112. The van der Waals surface area contributed by atoms with Gasteiger partial charge in [0.2, 0.25) is 0 Å². The van der Waals surface area contributed by atoms with Gasteiger partial charge in [-0.1, -0.05) is 13.8 Å². The molecular formula is C10H18O5. The van der Waals surface area contributed by atoms with Crippen LogP contribution in [0.4, 0.5) is 0 Å². The normalized spacial score (nSPS) is 18.7. The Bertz CT molecular complexity index is 234. The van der Waals surface area contributed by atoms with Gasteiger partial charge in [-0.15, -0.1) is 0 Å². The summed E-state index contributed by atoms with van der Waals surface area (Å²) in [5.74, 6) is -0.663. The van der Waals surface area contributed by atoms with E-state index in [4.69, 9.17) is 9.84 Å². The molecule has 0 saturated carbocycles. The molecule has 0 radical (unpaired) electrons. The van der Waals surface area contributed by atoms with Crippen molar-refractivity contribution in [2.45, 2.75) is 44.8 Å². The first-order chi connectivity index (χ1) is 6.91. The van der Waals surface area contributed by atoms with Crippen molar-refractivity contribution < 1.29 is 24.5 Å². The van der Waals surface area contributed by atoms with Gasteiger partial charge in [0.25, 0.3) is 0 Å². The van der Waals surface area contributed by atoms with Crippen molar-refractivity contribution in [3.63, 3.8) is 0 Å². The number of aliphatic hydroxyl groups is 2. The summed E-state index contributed by atoms with van der Waals surface area (Å²) in [6.45, 7) is 3.73. The summed E-state index contributed by atoms with van der Waals surface area (Å²) in [5, 5.41) is 19.1. The van der Waals surface area contributed by atoms with Crippen molar-refractivity contribution >= 4 is 12.3 Å². The van der Waals surface area contributed by atoms with E-state index in [1.54, 1.807) is 13.8 Å². The van der Waals surface area contributed by atoms with Gasteiger partial charge in [-0.2, -0.15) is 0 Å². The Balaban J connectivity index is 5.22. The van der Waals surface area contributed by atoms with E-state index in [-0.39, 0.29) is 12.8 Å². The van der Waals surface area contributed by atoms with Crippen molar-refractivity contribution in [1.82, 2.24) is 0 Å². The van der Waals surface area contributed by atoms with Crippen molar-refractivity contribution in [3.8, 4) is 0 Å². The number of esters is 1. The van der Waals surface area contributed by atoms with E-state index in [0.29, 0.717) is 6.29 Å². The van der Waals surface area contributed by atoms with Gasteiger partial charge in [0.1, 0.15) is 5.60 Å². The molecule has 0 amide bonds. The van der Waals surface area contributed by atoms with Crippen LogP contribution in [0, 0.1) is 0 Å². The highest BCUT2D eigenvalue weighted by atomic mass is 16.6. The number of carbonyl (C=O) groups is 2. The lowest BCUT2D eigenvalue weighted by Crippen LogP contribution is -2.59. The Kier molecular flexibility index (Phi) is 4.90. The van der Waals surface area contributed by atoms with E-state index in [1.165, 1.54) is 0 Å². The van der Waals surface area contributed by atoms with Crippen LogP contribution in [-0.2, 0) is 14.3 Å². The molecule has 0 spiro atoms. The molecule has 0 fully saturated rings. The van der Waals surface area contributed by atoms with E-state index in [2.05, 4.69) is 0 Å². The molecule has 0 heterocycles. The topological polar surface area (TPSA) is 83.8 Å². The molecule has 2 unspecified atom stereocenters. The van der Waals surface area contributed by atoms with E-state index < -0.39 is 23.8 Å². The van der Waals surface area contributed by atoms with Crippen molar-refractivity contribution in [2.24, 2.45) is 0 Å². The fourth-order valence-corrected chi connectivity index (χ4v) is 1.51. The Labute approximate surface area is 89.0 Å². The average Bonchev–Trinajstić information content (AvgIpc) is 2.24. The van der Waals surface area contributed by atoms with E-state index >= 15 is 0 Å². The zero-order chi connectivity index (χ0) is 12.1. The van der Waals surface area contributed by atoms with Crippen LogP contribution in [0.1, 0.15) is 33.6 Å². The molecular weight excluding hydrogens is 200 g/mol. The fraction of sp³-hybridized carbons (Fsp3) is 0.800. The third-order valence-corrected chi connectivity index (χ3v) is 2.68. The molecule has 0 aromatic heterocycles. The molecule has 0 aliphatic heterocycles. The Morgan fingerprint density at radius 3 is 2.13 bits per heavy atom. The summed E-state index contributed by atoms with van der Waals surface area (Å²) in [4.78, 5) is 21.9. The first kappa shape index (κ1) is 14.1. The number of hydrogen-bond donors (Lipinski definition) is 2. The lowest BCUT2D eigenvalue weighted by molar-refractivity contribution is -0.201. The average molecular weight is 218 g/mol. The number of ether oxygens (including phenoxy) is 1. The van der Waals surface area contributed by atoms with Crippen LogP contribution < -0.4 is 0 Å². The van der Waals surface area contributed by atoms with E-state index in [0.717, 1.165) is 6.92 Å². The van der Waals surface area contributed by atoms with Gasteiger partial charge in [-0.25, -0.2) is 0 Å². The first-order valence-electron chi connectivity index (χ1n) is 4.90. The molecule has 0 rings (SSSR count). The number of aldehydes is 1. The molecule has 0 saturated heterocycles. The number of rotatable bonds is 6. The lowest BCUT2D eigenvalue weighted by Gasteiger charge is -2.40. The third-order valence-electron chi connectivity index (χ3n) is 2.68. The van der Waals surface area contributed by atoms with Crippen LogP contribution in [0.3, 0.4) is 0 Å². The van der Waals surface area contributed by atoms with Gasteiger partial charge >= 0.3 is 5.97 Å². The summed E-state index contributed by atoms with van der Waals surface area (Å²) in [7, 11) is 0. The number of aliphatic hydroxyl groups excluding tert-OH is 1. The molecule has 0 aliphatic carbocycles. The highest BCUT2D eigenvalue weighted by molar-refractivity contribution is 5.74. The molecule has 2 atom stereocenters. The van der Waals surface area contributed by atoms with Crippen LogP contribution in [-0.4, -0.2) is 40.3 Å². The predicted octanol–water partition coefficient (Wildman–Crippen LogP) is 0.0306. The smallest absolute Gasteiger partial charge is 0.303 e. The van der Waals surface area contributed by atoms with Crippen LogP contribution in [0.15, 0.2) is 0 Å². The predicted molar refractivity (Wildman–Crippen MR) is 53.2 cm³/mol. The first-order valence-corrected chi connectivity index (χ1v) is 4.90. The van der Waals surface area contributed by atoms with Gasteiger partial charge in [0, 0.05) is 6.92 Å². The second-order valence-corrected chi connectivity index (χ2v) is 3.50. The molecule has 15 heavy (non-hydrogen) atoms. The monoisotopic (exact) mass is 218 g/mol. The molecule has 0 aromatic carbocycles. The summed E-state index contributed by atoms with van der Waals surface area (Å²) in [6, 6.07) is 0. The van der Waals surface area contributed by atoms with Crippen LogP contribution in [0.5, 0.6) is 0 Å². The largest absolute Gasteiger partial charge is 0.448 e. The highest BCUT2D eigenvalue weighted by Crippen LogP contribution is 2.31. The van der Waals surface area contributed by atoms with Crippen LogP contribution >= 0.6 is 0 Å². The molecule has 0 aliphatic rings. The van der Waals surface area contributed by atoms with E-state index in [9.17, 15) is 14.7 Å². The van der Waals surface area contributed by atoms with Crippen LogP contribution in [0.25, 0.3) is 0 Å². The van der Waals surface area contributed by atoms with Gasteiger partial charge in [0.15, 0.2) is 11.9 Å². The quantitative estimate of drug-likeness (QED) is 0.485. The maximum absolute atomic E-state index is 11.0. The second-order valence-electron chi connectivity index (χ2n) is 3.50. The molecule has 0 aromatic rings. The van der Waals surface area contributed by atoms with Gasteiger partial charge < -0.3 is 14.9 Å². The Morgan fingerprint density at radius 1 is 1.40 bits per heavy atom. The van der Waals surface area contributed by atoms with Crippen molar-refractivity contribution in [3.05, 3.63) is 0 Å². The van der Waals surface area contributed by atoms with Crippen molar-refractivity contribution in [1.29, 1.82) is 0 Å². The number of carbonyl (C=O) groups excluding carboxylic acids is 2. The van der Waals surface area contributed by atoms with Crippen LogP contribution in [0.2, 0.25) is 0 Å².